The molecule has 0 amide bonds. The number of hydrogen-bond donors (Lipinski definition) is 0. The highest BCUT2D eigenvalue weighted by Gasteiger charge is 2.19. The fourth-order valence-electron chi connectivity index (χ4n) is 1.65. The fourth-order valence-corrected chi connectivity index (χ4v) is 1.82. The summed E-state index contributed by atoms with van der Waals surface area (Å²) in [4.78, 5) is 12.3. The first-order valence-corrected chi connectivity index (χ1v) is 6.02. The molecule has 0 radical (unpaired) electrons. The maximum atomic E-state index is 11.1. The molecule has 1 aromatic rings. The Morgan fingerprint density at radius 1 is 1.53 bits per heavy atom. The second-order valence-corrected chi connectivity index (χ2v) is 4.21. The number of methoxy groups -OCH3 is 1. The minimum absolute atomic E-state index is 0.0680. The number of anilines is 1. The van der Waals surface area contributed by atoms with Crippen LogP contribution in [-0.4, -0.2) is 31.7 Å². The molecule has 0 aliphatic carbocycles. The number of nitrogens with zero attached hydrogens (tertiary/aromatic N) is 3. The van der Waals surface area contributed by atoms with Crippen LogP contribution >= 0.6 is 11.6 Å². The molecule has 19 heavy (non-hydrogen) atoms. The van der Waals surface area contributed by atoms with E-state index >= 15 is 0 Å². The molecule has 0 spiro atoms. The number of ether oxygens (including phenoxy) is 1. The van der Waals surface area contributed by atoms with Crippen LogP contribution in [-0.2, 0) is 4.74 Å². The van der Waals surface area contributed by atoms with E-state index in [9.17, 15) is 10.1 Å². The Morgan fingerprint density at radius 3 is 2.84 bits per heavy atom. The van der Waals surface area contributed by atoms with Gasteiger partial charge in [0.2, 0.25) is 0 Å². The molecular weight excluding hydrogens is 270 g/mol. The summed E-state index contributed by atoms with van der Waals surface area (Å²) in [5.41, 5.74) is 0.378. The maximum Gasteiger partial charge on any atom is 0.294 e. The normalized spacial score (nSPS) is 9.95. The van der Waals surface area contributed by atoms with Gasteiger partial charge in [0.05, 0.1) is 24.0 Å². The van der Waals surface area contributed by atoms with Crippen molar-refractivity contribution in [3.05, 3.63) is 33.3 Å². The standard InChI is InChI=1S/C12H14ClN3O3/c1-19-8-7-15(6-2-5-14)11-4-3-10(13)9-12(11)16(17)18/h3-4,9H,2,6-8H2,1H3. The van der Waals surface area contributed by atoms with Crippen LogP contribution in [0, 0.1) is 21.4 Å². The van der Waals surface area contributed by atoms with Crippen LogP contribution in [0.2, 0.25) is 5.02 Å². The van der Waals surface area contributed by atoms with E-state index < -0.39 is 4.92 Å². The van der Waals surface area contributed by atoms with Crippen molar-refractivity contribution in [3.8, 4) is 6.07 Å². The topological polar surface area (TPSA) is 79.4 Å². The highest BCUT2D eigenvalue weighted by atomic mass is 35.5. The van der Waals surface area contributed by atoms with Crippen LogP contribution in [0.15, 0.2) is 18.2 Å². The van der Waals surface area contributed by atoms with Crippen molar-refractivity contribution < 1.29 is 9.66 Å². The van der Waals surface area contributed by atoms with E-state index in [1.165, 1.54) is 6.07 Å². The van der Waals surface area contributed by atoms with Crippen LogP contribution < -0.4 is 4.90 Å². The smallest absolute Gasteiger partial charge is 0.294 e. The van der Waals surface area contributed by atoms with Gasteiger partial charge in [0.25, 0.3) is 5.69 Å². The van der Waals surface area contributed by atoms with E-state index in [0.717, 1.165) is 0 Å². The molecule has 0 saturated heterocycles. The van der Waals surface area contributed by atoms with Gasteiger partial charge in [0.15, 0.2) is 0 Å². The molecular formula is C12H14ClN3O3. The molecule has 7 heteroatoms. The largest absolute Gasteiger partial charge is 0.383 e. The number of rotatable bonds is 7. The highest BCUT2D eigenvalue weighted by molar-refractivity contribution is 6.30. The Kier molecular flexibility index (Phi) is 6.06. The number of nitriles is 1. The quantitative estimate of drug-likeness (QED) is 0.567. The van der Waals surface area contributed by atoms with Gasteiger partial charge < -0.3 is 9.64 Å². The number of hydrogen-bond acceptors (Lipinski definition) is 5. The number of nitro benzene ring substituents is 1. The van der Waals surface area contributed by atoms with Gasteiger partial charge in [-0.3, -0.25) is 10.1 Å². The van der Waals surface area contributed by atoms with E-state index in [-0.39, 0.29) is 12.1 Å². The molecule has 0 fully saturated rings. The molecule has 0 heterocycles. The third-order valence-electron chi connectivity index (χ3n) is 2.53. The summed E-state index contributed by atoms with van der Waals surface area (Å²) in [6, 6.07) is 6.52. The molecule has 1 aromatic carbocycles. The summed E-state index contributed by atoms with van der Waals surface area (Å²) in [6.45, 7) is 1.30. The number of benzene rings is 1. The third kappa shape index (κ3) is 4.39. The Labute approximate surface area is 116 Å². The Bertz CT molecular complexity index is 488. The molecule has 1 rings (SSSR count). The number of halogens is 1. The zero-order valence-electron chi connectivity index (χ0n) is 10.5. The lowest BCUT2D eigenvalue weighted by atomic mass is 10.2. The summed E-state index contributed by atoms with van der Waals surface area (Å²) in [7, 11) is 1.55. The Morgan fingerprint density at radius 2 is 2.26 bits per heavy atom. The summed E-state index contributed by atoms with van der Waals surface area (Å²) in [5.74, 6) is 0. The molecule has 0 unspecified atom stereocenters. The van der Waals surface area contributed by atoms with Gasteiger partial charge >= 0.3 is 0 Å². The van der Waals surface area contributed by atoms with Crippen LogP contribution in [0.25, 0.3) is 0 Å². The SMILES string of the molecule is COCCN(CCC#N)c1ccc(Cl)cc1[N+](=O)[O-]. The molecule has 6 nitrogen and oxygen atoms in total. The van der Waals surface area contributed by atoms with Crippen molar-refractivity contribution in [1.82, 2.24) is 0 Å². The van der Waals surface area contributed by atoms with Crippen LogP contribution in [0.4, 0.5) is 11.4 Å². The van der Waals surface area contributed by atoms with Gasteiger partial charge in [0, 0.05) is 31.3 Å². The molecule has 0 saturated carbocycles. The number of nitro groups is 1. The van der Waals surface area contributed by atoms with Crippen LogP contribution in [0.1, 0.15) is 6.42 Å². The predicted octanol–water partition coefficient (Wildman–Crippen LogP) is 2.61. The van der Waals surface area contributed by atoms with Crippen molar-refractivity contribution in [1.29, 1.82) is 5.26 Å². The zero-order chi connectivity index (χ0) is 14.3. The minimum Gasteiger partial charge on any atom is -0.383 e. The van der Waals surface area contributed by atoms with Crippen molar-refractivity contribution in [2.24, 2.45) is 0 Å². The summed E-state index contributed by atoms with van der Waals surface area (Å²) in [6.07, 6.45) is 0.281. The molecule has 0 aliphatic rings. The second kappa shape index (κ2) is 7.56. The van der Waals surface area contributed by atoms with Gasteiger partial charge in [-0.2, -0.15) is 5.26 Å². The van der Waals surface area contributed by atoms with Gasteiger partial charge in [0.1, 0.15) is 5.69 Å². The second-order valence-electron chi connectivity index (χ2n) is 3.78. The minimum atomic E-state index is -0.479. The highest BCUT2D eigenvalue weighted by Crippen LogP contribution is 2.31. The third-order valence-corrected chi connectivity index (χ3v) is 2.77. The lowest BCUT2D eigenvalue weighted by Crippen LogP contribution is -2.28. The molecule has 0 bridgehead atoms. The first-order valence-electron chi connectivity index (χ1n) is 5.65. The van der Waals surface area contributed by atoms with Gasteiger partial charge in [-0.1, -0.05) is 11.6 Å². The van der Waals surface area contributed by atoms with E-state index in [1.54, 1.807) is 24.1 Å². The van der Waals surface area contributed by atoms with Gasteiger partial charge in [-0.25, -0.2) is 0 Å². The zero-order valence-corrected chi connectivity index (χ0v) is 11.3. The van der Waals surface area contributed by atoms with Crippen molar-refractivity contribution in [2.45, 2.75) is 6.42 Å². The molecule has 0 N–H and O–H groups in total. The van der Waals surface area contributed by atoms with Crippen molar-refractivity contribution in [2.75, 3.05) is 31.7 Å². The van der Waals surface area contributed by atoms with Gasteiger partial charge in [-0.15, -0.1) is 0 Å². The van der Waals surface area contributed by atoms with E-state index in [0.29, 0.717) is 30.4 Å². The van der Waals surface area contributed by atoms with E-state index in [4.69, 9.17) is 21.6 Å². The molecule has 0 aromatic heterocycles. The fraction of sp³-hybridized carbons (Fsp3) is 0.417. The predicted molar refractivity (Wildman–Crippen MR) is 72.4 cm³/mol. The first-order chi connectivity index (χ1) is 9.10. The van der Waals surface area contributed by atoms with Crippen molar-refractivity contribution in [3.63, 3.8) is 0 Å². The summed E-state index contributed by atoms with van der Waals surface area (Å²) >= 11 is 5.77. The summed E-state index contributed by atoms with van der Waals surface area (Å²) in [5, 5.41) is 20.0. The Balaban J connectivity index is 3.06. The first kappa shape index (κ1) is 15.2. The van der Waals surface area contributed by atoms with Crippen LogP contribution in [0.5, 0.6) is 0 Å². The molecule has 102 valence electrons. The lowest BCUT2D eigenvalue weighted by Gasteiger charge is -2.23. The summed E-state index contributed by atoms with van der Waals surface area (Å²) < 4.78 is 4.98. The lowest BCUT2D eigenvalue weighted by molar-refractivity contribution is -0.384. The van der Waals surface area contributed by atoms with Crippen LogP contribution in [0.3, 0.4) is 0 Å². The van der Waals surface area contributed by atoms with E-state index in [1.807, 2.05) is 6.07 Å². The average molecular weight is 284 g/mol. The van der Waals surface area contributed by atoms with E-state index in [2.05, 4.69) is 0 Å². The van der Waals surface area contributed by atoms with Gasteiger partial charge in [-0.05, 0) is 12.1 Å². The van der Waals surface area contributed by atoms with Crippen molar-refractivity contribution >= 4 is 23.0 Å². The molecule has 0 aliphatic heterocycles. The molecule has 0 atom stereocenters. The average Bonchev–Trinajstić information content (AvgIpc) is 2.39. The Hall–Kier alpha value is -1.84. The maximum absolute atomic E-state index is 11.1. The monoisotopic (exact) mass is 283 g/mol.